The van der Waals surface area contributed by atoms with E-state index in [1.165, 1.54) is 0 Å². The van der Waals surface area contributed by atoms with Gasteiger partial charge in [0.25, 0.3) is 0 Å². The molecule has 0 bridgehead atoms. The van der Waals surface area contributed by atoms with Crippen molar-refractivity contribution in [2.75, 3.05) is 0 Å². The molecule has 2 aromatic heterocycles. The van der Waals surface area contributed by atoms with Crippen LogP contribution in [0.2, 0.25) is 0 Å². The number of nitrogens with zero attached hydrogens (tertiary/aromatic N) is 2. The Morgan fingerprint density at radius 3 is 2.71 bits per heavy atom. The summed E-state index contributed by atoms with van der Waals surface area (Å²) in [6, 6.07) is 3.69. The zero-order chi connectivity index (χ0) is 12.6. The Morgan fingerprint density at radius 2 is 2.18 bits per heavy atom. The third kappa shape index (κ3) is 2.08. The van der Waals surface area contributed by atoms with Crippen molar-refractivity contribution in [1.82, 2.24) is 9.78 Å². The number of carboxylic acid groups (broad SMARTS) is 1. The van der Waals surface area contributed by atoms with Crippen LogP contribution in [0.4, 0.5) is 0 Å². The highest BCUT2D eigenvalue weighted by Crippen LogP contribution is 2.28. The van der Waals surface area contributed by atoms with E-state index in [2.05, 4.69) is 5.10 Å². The molecular formula is C12H14N2O3. The molecule has 0 aliphatic carbocycles. The lowest BCUT2D eigenvalue weighted by Crippen LogP contribution is -2.02. The topological polar surface area (TPSA) is 68.3 Å². The van der Waals surface area contributed by atoms with E-state index in [-0.39, 0.29) is 6.42 Å². The molecule has 2 rings (SSSR count). The molecule has 17 heavy (non-hydrogen) atoms. The first-order valence-corrected chi connectivity index (χ1v) is 5.30. The summed E-state index contributed by atoms with van der Waals surface area (Å²) in [5, 5.41) is 13.1. The minimum Gasteiger partial charge on any atom is -0.481 e. The molecule has 2 aromatic rings. The number of hydrogen-bond donors (Lipinski definition) is 1. The van der Waals surface area contributed by atoms with Crippen LogP contribution in [0.5, 0.6) is 0 Å². The normalized spacial score (nSPS) is 10.8. The number of rotatable bonds is 3. The highest BCUT2D eigenvalue weighted by atomic mass is 16.4. The van der Waals surface area contributed by atoms with Gasteiger partial charge in [0.1, 0.15) is 11.5 Å². The fourth-order valence-corrected chi connectivity index (χ4v) is 1.83. The number of aliphatic carboxylic acids is 1. The summed E-state index contributed by atoms with van der Waals surface area (Å²) >= 11 is 0. The predicted octanol–water partition coefficient (Wildman–Crippen LogP) is 1.92. The van der Waals surface area contributed by atoms with Crippen molar-refractivity contribution in [2.24, 2.45) is 7.05 Å². The molecule has 0 atom stereocenters. The molecule has 0 saturated heterocycles. The molecule has 2 heterocycles. The average Bonchev–Trinajstić information content (AvgIpc) is 2.73. The Morgan fingerprint density at radius 1 is 1.47 bits per heavy atom. The first kappa shape index (κ1) is 11.4. The Kier molecular flexibility index (Phi) is 2.75. The van der Waals surface area contributed by atoms with Gasteiger partial charge in [-0.05, 0) is 26.0 Å². The van der Waals surface area contributed by atoms with Gasteiger partial charge in [-0.1, -0.05) is 0 Å². The fourth-order valence-electron chi connectivity index (χ4n) is 1.83. The zero-order valence-electron chi connectivity index (χ0n) is 10.0. The van der Waals surface area contributed by atoms with Gasteiger partial charge < -0.3 is 9.52 Å². The van der Waals surface area contributed by atoms with E-state index in [4.69, 9.17) is 9.52 Å². The lowest BCUT2D eigenvalue weighted by molar-refractivity contribution is -0.136. The molecule has 0 aliphatic heterocycles. The number of furan rings is 1. The van der Waals surface area contributed by atoms with Crippen LogP contribution in [-0.2, 0) is 18.3 Å². The van der Waals surface area contributed by atoms with E-state index in [0.717, 1.165) is 17.0 Å². The maximum absolute atomic E-state index is 10.8. The van der Waals surface area contributed by atoms with Crippen molar-refractivity contribution in [3.63, 3.8) is 0 Å². The summed E-state index contributed by atoms with van der Waals surface area (Å²) in [5.41, 5.74) is 2.21. The first-order valence-electron chi connectivity index (χ1n) is 5.30. The minimum absolute atomic E-state index is 0.100. The van der Waals surface area contributed by atoms with Gasteiger partial charge in [0.05, 0.1) is 17.7 Å². The van der Waals surface area contributed by atoms with Gasteiger partial charge in [0.2, 0.25) is 0 Å². The molecule has 0 amide bonds. The highest BCUT2D eigenvalue weighted by molar-refractivity contribution is 5.75. The van der Waals surface area contributed by atoms with E-state index >= 15 is 0 Å². The average molecular weight is 234 g/mol. The lowest BCUT2D eigenvalue weighted by atomic mass is 10.1. The summed E-state index contributed by atoms with van der Waals surface area (Å²) < 4.78 is 7.21. The van der Waals surface area contributed by atoms with E-state index in [0.29, 0.717) is 11.5 Å². The maximum atomic E-state index is 10.8. The summed E-state index contributed by atoms with van der Waals surface area (Å²) in [6.45, 7) is 3.75. The molecule has 5 nitrogen and oxygen atoms in total. The zero-order valence-corrected chi connectivity index (χ0v) is 10.0. The van der Waals surface area contributed by atoms with E-state index in [1.807, 2.05) is 26.0 Å². The Hall–Kier alpha value is -2.04. The fraction of sp³-hybridized carbons (Fsp3) is 0.333. The molecule has 0 spiro atoms. The van der Waals surface area contributed by atoms with Gasteiger partial charge >= 0.3 is 5.97 Å². The van der Waals surface area contributed by atoms with Crippen LogP contribution < -0.4 is 0 Å². The highest BCUT2D eigenvalue weighted by Gasteiger charge is 2.19. The molecule has 5 heteroatoms. The Labute approximate surface area is 98.7 Å². The second kappa shape index (κ2) is 4.08. The lowest BCUT2D eigenvalue weighted by Gasteiger charge is -1.98. The smallest absolute Gasteiger partial charge is 0.309 e. The van der Waals surface area contributed by atoms with Crippen molar-refractivity contribution >= 4 is 5.97 Å². The monoisotopic (exact) mass is 234 g/mol. The van der Waals surface area contributed by atoms with Crippen LogP contribution in [0.25, 0.3) is 11.3 Å². The van der Waals surface area contributed by atoms with Crippen LogP contribution in [0.1, 0.15) is 17.1 Å². The SMILES string of the molecule is Cc1ccc(-c2c(CC(=O)O)nn(C)c2C)o1. The molecule has 0 aromatic carbocycles. The van der Waals surface area contributed by atoms with E-state index in [9.17, 15) is 4.79 Å². The van der Waals surface area contributed by atoms with Crippen molar-refractivity contribution in [3.8, 4) is 11.3 Å². The second-order valence-electron chi connectivity index (χ2n) is 4.01. The van der Waals surface area contributed by atoms with Crippen LogP contribution in [0.15, 0.2) is 16.5 Å². The Balaban J connectivity index is 2.54. The quantitative estimate of drug-likeness (QED) is 0.881. The van der Waals surface area contributed by atoms with Crippen LogP contribution in [-0.4, -0.2) is 20.9 Å². The maximum Gasteiger partial charge on any atom is 0.309 e. The Bertz CT molecular complexity index is 566. The van der Waals surface area contributed by atoms with Crippen LogP contribution >= 0.6 is 0 Å². The van der Waals surface area contributed by atoms with Gasteiger partial charge in [-0.2, -0.15) is 5.10 Å². The van der Waals surface area contributed by atoms with Crippen molar-refractivity contribution in [1.29, 1.82) is 0 Å². The summed E-state index contributed by atoms with van der Waals surface area (Å²) in [7, 11) is 1.79. The molecule has 1 N–H and O–H groups in total. The molecule has 0 aliphatic rings. The minimum atomic E-state index is -0.896. The van der Waals surface area contributed by atoms with Crippen molar-refractivity contribution < 1.29 is 14.3 Å². The van der Waals surface area contributed by atoms with Crippen molar-refractivity contribution in [2.45, 2.75) is 20.3 Å². The summed E-state index contributed by atoms with van der Waals surface area (Å²) in [5.74, 6) is 0.571. The van der Waals surface area contributed by atoms with Gasteiger partial charge in [0.15, 0.2) is 0 Å². The first-order chi connectivity index (χ1) is 7.99. The van der Waals surface area contributed by atoms with Gasteiger partial charge in [-0.3, -0.25) is 9.48 Å². The van der Waals surface area contributed by atoms with E-state index < -0.39 is 5.97 Å². The molecule has 0 fully saturated rings. The van der Waals surface area contributed by atoms with E-state index in [1.54, 1.807) is 11.7 Å². The van der Waals surface area contributed by atoms with Crippen LogP contribution in [0, 0.1) is 13.8 Å². The summed E-state index contributed by atoms with van der Waals surface area (Å²) in [4.78, 5) is 10.8. The third-order valence-electron chi connectivity index (χ3n) is 2.71. The number of carboxylic acids is 1. The predicted molar refractivity (Wildman–Crippen MR) is 61.7 cm³/mol. The van der Waals surface area contributed by atoms with Gasteiger partial charge in [0, 0.05) is 12.7 Å². The number of aromatic nitrogens is 2. The standard InChI is InChI=1S/C12H14N2O3/c1-7-4-5-10(17-7)12-8(2)14(3)13-9(12)6-11(15)16/h4-5H,6H2,1-3H3,(H,15,16). The molecule has 0 saturated carbocycles. The third-order valence-corrected chi connectivity index (χ3v) is 2.71. The van der Waals surface area contributed by atoms with Crippen molar-refractivity contribution in [3.05, 3.63) is 29.3 Å². The second-order valence-corrected chi connectivity index (χ2v) is 4.01. The van der Waals surface area contributed by atoms with Crippen LogP contribution in [0.3, 0.4) is 0 Å². The molecule has 90 valence electrons. The number of hydrogen-bond acceptors (Lipinski definition) is 3. The summed E-state index contributed by atoms with van der Waals surface area (Å²) in [6.07, 6.45) is -0.100. The number of carbonyl (C=O) groups is 1. The molecule has 0 unspecified atom stereocenters. The van der Waals surface area contributed by atoms with Gasteiger partial charge in [-0.25, -0.2) is 0 Å². The number of aryl methyl sites for hydroxylation is 2. The molecule has 0 radical (unpaired) electrons. The molecular weight excluding hydrogens is 220 g/mol. The largest absolute Gasteiger partial charge is 0.481 e. The van der Waals surface area contributed by atoms with Gasteiger partial charge in [-0.15, -0.1) is 0 Å².